The van der Waals surface area contributed by atoms with Crippen molar-refractivity contribution in [3.63, 3.8) is 0 Å². The number of carboxylic acid groups (broad SMARTS) is 1. The molecule has 3 nitrogen and oxygen atoms in total. The molecule has 0 saturated heterocycles. The lowest BCUT2D eigenvalue weighted by Crippen LogP contribution is -2.02. The number of carboxylic acids is 1. The van der Waals surface area contributed by atoms with Crippen LogP contribution < -0.4 is 0 Å². The molecule has 0 aliphatic rings. The minimum absolute atomic E-state index is 0.253. The largest absolute Gasteiger partial charge is 0.478 e. The Hall–Kier alpha value is -2.16. The molecule has 0 saturated carbocycles. The molecule has 92 valence electrons. The van der Waals surface area contributed by atoms with Crippen LogP contribution in [0.4, 0.5) is 0 Å². The molecule has 3 heteroatoms. The van der Waals surface area contributed by atoms with E-state index in [1.54, 1.807) is 19.1 Å². The molecule has 1 N–H and O–H groups in total. The molecule has 0 aliphatic carbocycles. The lowest BCUT2D eigenvalue weighted by Gasteiger charge is -2.08. The van der Waals surface area contributed by atoms with E-state index >= 15 is 0 Å². The summed E-state index contributed by atoms with van der Waals surface area (Å²) in [6.07, 6.45) is 0. The molecule has 0 unspecified atom stereocenters. The van der Waals surface area contributed by atoms with Crippen LogP contribution in [0.15, 0.2) is 30.3 Å². The summed E-state index contributed by atoms with van der Waals surface area (Å²) in [4.78, 5) is 15.3. The summed E-state index contributed by atoms with van der Waals surface area (Å²) in [7, 11) is 0. The number of hydrogen-bond donors (Lipinski definition) is 1. The van der Waals surface area contributed by atoms with Gasteiger partial charge in [0.2, 0.25) is 0 Å². The van der Waals surface area contributed by atoms with Crippen molar-refractivity contribution in [2.45, 2.75) is 20.8 Å². The van der Waals surface area contributed by atoms with E-state index in [1.807, 2.05) is 26.0 Å². The summed E-state index contributed by atoms with van der Waals surface area (Å²) in [5.41, 5.74) is 5.00. The first-order valence-electron chi connectivity index (χ1n) is 5.77. The number of aromatic nitrogens is 1. The maximum Gasteiger partial charge on any atom is 0.337 e. The Balaban J connectivity index is 2.52. The smallest absolute Gasteiger partial charge is 0.337 e. The van der Waals surface area contributed by atoms with Crippen molar-refractivity contribution in [1.82, 2.24) is 4.98 Å². The lowest BCUT2D eigenvalue weighted by molar-refractivity contribution is 0.0695. The monoisotopic (exact) mass is 241 g/mol. The van der Waals surface area contributed by atoms with E-state index in [0.717, 1.165) is 16.8 Å². The van der Waals surface area contributed by atoms with Crippen molar-refractivity contribution in [3.05, 3.63) is 52.7 Å². The first-order chi connectivity index (χ1) is 8.49. The van der Waals surface area contributed by atoms with Gasteiger partial charge in [-0.05, 0) is 38.5 Å². The molecule has 0 atom stereocenters. The van der Waals surface area contributed by atoms with Crippen LogP contribution in [0, 0.1) is 20.8 Å². The number of pyridine rings is 1. The average Bonchev–Trinajstić information content (AvgIpc) is 2.28. The van der Waals surface area contributed by atoms with E-state index in [0.29, 0.717) is 5.69 Å². The van der Waals surface area contributed by atoms with Crippen molar-refractivity contribution in [2.24, 2.45) is 0 Å². The molecule has 0 amide bonds. The number of aromatic carboxylic acids is 1. The zero-order valence-electron chi connectivity index (χ0n) is 10.7. The normalized spacial score (nSPS) is 10.4. The maximum atomic E-state index is 10.9. The Labute approximate surface area is 106 Å². The summed E-state index contributed by atoms with van der Waals surface area (Å²) >= 11 is 0. The molecule has 0 bridgehead atoms. The number of rotatable bonds is 2. The molecule has 0 radical (unpaired) electrons. The van der Waals surface area contributed by atoms with Crippen LogP contribution in [-0.4, -0.2) is 16.1 Å². The minimum atomic E-state index is -0.938. The van der Waals surface area contributed by atoms with Gasteiger partial charge >= 0.3 is 5.97 Å². The first-order valence-corrected chi connectivity index (χ1v) is 5.77. The molecule has 1 aromatic carbocycles. The minimum Gasteiger partial charge on any atom is -0.478 e. The Bertz CT molecular complexity index is 618. The molecule has 0 aliphatic heterocycles. The summed E-state index contributed by atoms with van der Waals surface area (Å²) in [6, 6.07) is 9.52. The molecule has 2 rings (SSSR count). The predicted molar refractivity (Wildman–Crippen MR) is 70.8 cm³/mol. The standard InChI is InChI=1S/C15H15NO2/c1-9-4-5-12(10(2)8-9)14-7-6-13(15(17)18)11(3)16-14/h4-8H,1-3H3,(H,17,18). The van der Waals surface area contributed by atoms with Gasteiger partial charge in [0.25, 0.3) is 0 Å². The van der Waals surface area contributed by atoms with E-state index in [4.69, 9.17) is 5.11 Å². The molecule has 0 spiro atoms. The van der Waals surface area contributed by atoms with Crippen LogP contribution in [0.25, 0.3) is 11.3 Å². The van der Waals surface area contributed by atoms with Crippen molar-refractivity contribution < 1.29 is 9.90 Å². The highest BCUT2D eigenvalue weighted by Crippen LogP contribution is 2.23. The molecule has 1 heterocycles. The zero-order valence-corrected chi connectivity index (χ0v) is 10.7. The second kappa shape index (κ2) is 4.61. The molecule has 2 aromatic rings. The van der Waals surface area contributed by atoms with Crippen LogP contribution in [0.3, 0.4) is 0 Å². The van der Waals surface area contributed by atoms with Crippen LogP contribution >= 0.6 is 0 Å². The first kappa shape index (κ1) is 12.3. The second-order valence-corrected chi connectivity index (χ2v) is 4.45. The molecular weight excluding hydrogens is 226 g/mol. The summed E-state index contributed by atoms with van der Waals surface area (Å²) in [5, 5.41) is 8.98. The van der Waals surface area contributed by atoms with Gasteiger partial charge in [0.15, 0.2) is 0 Å². The van der Waals surface area contributed by atoms with Crippen LogP contribution in [0.5, 0.6) is 0 Å². The molecule has 0 fully saturated rings. The van der Waals surface area contributed by atoms with Crippen molar-refractivity contribution in [3.8, 4) is 11.3 Å². The molecular formula is C15H15NO2. The topological polar surface area (TPSA) is 50.2 Å². The van der Waals surface area contributed by atoms with Gasteiger partial charge in [-0.3, -0.25) is 4.98 Å². The van der Waals surface area contributed by atoms with Crippen molar-refractivity contribution in [2.75, 3.05) is 0 Å². The summed E-state index contributed by atoms with van der Waals surface area (Å²) in [5.74, 6) is -0.938. The lowest BCUT2D eigenvalue weighted by atomic mass is 10.0. The number of benzene rings is 1. The van der Waals surface area contributed by atoms with Crippen LogP contribution in [0.2, 0.25) is 0 Å². The van der Waals surface area contributed by atoms with E-state index in [1.165, 1.54) is 5.56 Å². The van der Waals surface area contributed by atoms with Crippen LogP contribution in [-0.2, 0) is 0 Å². The number of nitrogens with zero attached hydrogens (tertiary/aromatic N) is 1. The Morgan fingerprint density at radius 1 is 1.11 bits per heavy atom. The van der Waals surface area contributed by atoms with Crippen molar-refractivity contribution in [1.29, 1.82) is 0 Å². The Morgan fingerprint density at radius 3 is 2.39 bits per heavy atom. The highest BCUT2D eigenvalue weighted by atomic mass is 16.4. The number of hydrogen-bond acceptors (Lipinski definition) is 2. The SMILES string of the molecule is Cc1ccc(-c2ccc(C(=O)O)c(C)n2)c(C)c1. The fourth-order valence-corrected chi connectivity index (χ4v) is 2.04. The van der Waals surface area contributed by atoms with Crippen molar-refractivity contribution >= 4 is 5.97 Å². The van der Waals surface area contributed by atoms with Gasteiger partial charge in [-0.2, -0.15) is 0 Å². The van der Waals surface area contributed by atoms with E-state index in [-0.39, 0.29) is 5.56 Å². The Kier molecular flexibility index (Phi) is 3.15. The average molecular weight is 241 g/mol. The van der Waals surface area contributed by atoms with Gasteiger partial charge in [-0.1, -0.05) is 23.8 Å². The third-order valence-electron chi connectivity index (χ3n) is 2.97. The van der Waals surface area contributed by atoms with Gasteiger partial charge in [-0.25, -0.2) is 4.79 Å². The van der Waals surface area contributed by atoms with Gasteiger partial charge in [0.05, 0.1) is 17.0 Å². The molecule has 1 aromatic heterocycles. The summed E-state index contributed by atoms with van der Waals surface area (Å²) < 4.78 is 0. The Morgan fingerprint density at radius 2 is 1.83 bits per heavy atom. The number of carbonyl (C=O) groups is 1. The predicted octanol–water partition coefficient (Wildman–Crippen LogP) is 3.37. The highest BCUT2D eigenvalue weighted by Gasteiger charge is 2.10. The fourth-order valence-electron chi connectivity index (χ4n) is 2.04. The zero-order chi connectivity index (χ0) is 13.3. The van der Waals surface area contributed by atoms with Crippen LogP contribution in [0.1, 0.15) is 27.2 Å². The van der Waals surface area contributed by atoms with Gasteiger partial charge in [0.1, 0.15) is 0 Å². The molecule has 18 heavy (non-hydrogen) atoms. The van der Waals surface area contributed by atoms with E-state index < -0.39 is 5.97 Å². The third-order valence-corrected chi connectivity index (χ3v) is 2.97. The van der Waals surface area contributed by atoms with Gasteiger partial charge in [0, 0.05) is 5.56 Å². The quantitative estimate of drug-likeness (QED) is 0.876. The third kappa shape index (κ3) is 2.25. The van der Waals surface area contributed by atoms with E-state index in [9.17, 15) is 4.79 Å². The summed E-state index contributed by atoms with van der Waals surface area (Å²) in [6.45, 7) is 5.80. The van der Waals surface area contributed by atoms with Gasteiger partial charge < -0.3 is 5.11 Å². The number of aryl methyl sites for hydroxylation is 3. The van der Waals surface area contributed by atoms with Gasteiger partial charge in [-0.15, -0.1) is 0 Å². The highest BCUT2D eigenvalue weighted by molar-refractivity contribution is 5.89. The maximum absolute atomic E-state index is 10.9. The fraction of sp³-hybridized carbons (Fsp3) is 0.200. The second-order valence-electron chi connectivity index (χ2n) is 4.45. The van der Waals surface area contributed by atoms with E-state index in [2.05, 4.69) is 11.1 Å².